The fourth-order valence-electron chi connectivity index (χ4n) is 2.30. The van der Waals surface area contributed by atoms with E-state index in [0.29, 0.717) is 19.7 Å². The van der Waals surface area contributed by atoms with E-state index in [2.05, 4.69) is 5.32 Å². The van der Waals surface area contributed by atoms with Crippen LogP contribution in [-0.4, -0.2) is 62.7 Å². The first-order valence-electron chi connectivity index (χ1n) is 5.40. The molecule has 1 N–H and O–H groups in total. The summed E-state index contributed by atoms with van der Waals surface area (Å²) in [5.41, 5.74) is 0. The lowest BCUT2D eigenvalue weighted by molar-refractivity contribution is 0.0782. The first-order valence-corrected chi connectivity index (χ1v) is 7.23. The molecular formula is C9H17ClN2O4S. The Bertz CT molecular complexity index is 386. The van der Waals surface area contributed by atoms with Crippen molar-refractivity contribution in [3.8, 4) is 0 Å². The maximum Gasteiger partial charge on any atom is 0.410 e. The second kappa shape index (κ2) is 5.41. The molecule has 0 aromatic carbocycles. The van der Waals surface area contributed by atoms with Crippen LogP contribution in [0.5, 0.6) is 0 Å². The lowest BCUT2D eigenvalue weighted by atomic mass is 10.1. The zero-order chi connectivity index (χ0) is 11.8. The zero-order valence-electron chi connectivity index (χ0n) is 9.59. The molecule has 0 saturated carbocycles. The van der Waals surface area contributed by atoms with Gasteiger partial charge >= 0.3 is 6.09 Å². The maximum absolute atomic E-state index is 11.6. The molecule has 6 nitrogen and oxygen atoms in total. The summed E-state index contributed by atoms with van der Waals surface area (Å²) in [6.45, 7) is 3.18. The van der Waals surface area contributed by atoms with Crippen LogP contribution < -0.4 is 5.32 Å². The quantitative estimate of drug-likeness (QED) is 0.711. The number of rotatable bonds is 1. The number of piperazine rings is 1. The van der Waals surface area contributed by atoms with Gasteiger partial charge in [-0.05, 0) is 6.92 Å². The van der Waals surface area contributed by atoms with E-state index >= 15 is 0 Å². The van der Waals surface area contributed by atoms with E-state index in [1.807, 2.05) is 0 Å². The van der Waals surface area contributed by atoms with E-state index in [9.17, 15) is 13.2 Å². The van der Waals surface area contributed by atoms with Gasteiger partial charge in [0.1, 0.15) is 0 Å². The average molecular weight is 285 g/mol. The fraction of sp³-hybridized carbons (Fsp3) is 0.889. The molecule has 0 aromatic rings. The van der Waals surface area contributed by atoms with Gasteiger partial charge in [-0.15, -0.1) is 12.4 Å². The molecule has 2 fully saturated rings. The number of carbonyl (C=O) groups excluding carboxylic acids is 1. The van der Waals surface area contributed by atoms with Crippen LogP contribution in [0, 0.1) is 0 Å². The number of amides is 1. The Balaban J connectivity index is 0.00000144. The summed E-state index contributed by atoms with van der Waals surface area (Å²) in [5.74, 6) is 0.164. The van der Waals surface area contributed by atoms with Crippen LogP contribution in [-0.2, 0) is 14.6 Å². The number of nitrogens with one attached hydrogen (secondary N) is 1. The van der Waals surface area contributed by atoms with Gasteiger partial charge in [-0.25, -0.2) is 13.2 Å². The van der Waals surface area contributed by atoms with Gasteiger partial charge in [-0.2, -0.15) is 0 Å². The van der Waals surface area contributed by atoms with Crippen LogP contribution in [0.1, 0.15) is 6.92 Å². The van der Waals surface area contributed by atoms with Crippen molar-refractivity contribution in [2.45, 2.75) is 19.0 Å². The lowest BCUT2D eigenvalue weighted by Gasteiger charge is -2.36. The van der Waals surface area contributed by atoms with Crippen LogP contribution in [0.3, 0.4) is 0 Å². The van der Waals surface area contributed by atoms with E-state index < -0.39 is 15.9 Å². The molecule has 0 bridgehead atoms. The topological polar surface area (TPSA) is 75.7 Å². The minimum absolute atomic E-state index is 0. The summed E-state index contributed by atoms with van der Waals surface area (Å²) < 4.78 is 27.9. The first-order chi connectivity index (χ1) is 7.53. The normalized spacial score (nSPS) is 30.3. The highest BCUT2D eigenvalue weighted by Crippen LogP contribution is 2.21. The molecule has 8 heteroatoms. The predicted octanol–water partition coefficient (Wildman–Crippen LogP) is -0.364. The largest absolute Gasteiger partial charge is 0.450 e. The van der Waals surface area contributed by atoms with Crippen molar-refractivity contribution in [3.05, 3.63) is 0 Å². The van der Waals surface area contributed by atoms with E-state index in [0.717, 1.165) is 0 Å². The molecule has 0 aliphatic carbocycles. The van der Waals surface area contributed by atoms with E-state index in [4.69, 9.17) is 4.74 Å². The number of fused-ring (bicyclic) bond motifs is 1. The Hall–Kier alpha value is -0.530. The Morgan fingerprint density at radius 3 is 2.82 bits per heavy atom. The second-order valence-corrected chi connectivity index (χ2v) is 6.25. The van der Waals surface area contributed by atoms with Crippen molar-refractivity contribution < 1.29 is 17.9 Å². The summed E-state index contributed by atoms with van der Waals surface area (Å²) in [7, 11) is -3.02. The van der Waals surface area contributed by atoms with Gasteiger partial charge in [0.15, 0.2) is 9.84 Å². The molecule has 0 aromatic heterocycles. The molecular weight excluding hydrogens is 268 g/mol. The molecule has 0 radical (unpaired) electrons. The minimum Gasteiger partial charge on any atom is -0.450 e. The van der Waals surface area contributed by atoms with Gasteiger partial charge in [-0.1, -0.05) is 0 Å². The molecule has 2 atom stereocenters. The number of hydrogen-bond donors (Lipinski definition) is 1. The fourth-order valence-corrected chi connectivity index (χ4v) is 4.26. The van der Waals surface area contributed by atoms with Gasteiger partial charge < -0.3 is 15.0 Å². The van der Waals surface area contributed by atoms with Crippen LogP contribution >= 0.6 is 12.4 Å². The van der Waals surface area contributed by atoms with Gasteiger partial charge in [-0.3, -0.25) is 0 Å². The van der Waals surface area contributed by atoms with Crippen LogP contribution in [0.25, 0.3) is 0 Å². The Kier molecular flexibility index (Phi) is 4.62. The Morgan fingerprint density at radius 2 is 2.18 bits per heavy atom. The smallest absolute Gasteiger partial charge is 0.410 e. The van der Waals surface area contributed by atoms with E-state index in [1.54, 1.807) is 6.92 Å². The highest BCUT2D eigenvalue weighted by atomic mass is 35.5. The highest BCUT2D eigenvalue weighted by Gasteiger charge is 2.44. The molecule has 2 aliphatic heterocycles. The number of carbonyl (C=O) groups is 1. The standard InChI is InChI=1S/C9H16N2O4S.ClH/c1-2-15-9(12)11-4-3-10-7-5-16(13,14)6-8(7)11;/h7-8,10H,2-6H2,1H3;1H/t7-,8+;/m0./s1. The Labute approximate surface area is 107 Å². The van der Waals surface area contributed by atoms with Crippen LogP contribution in [0.2, 0.25) is 0 Å². The molecule has 2 saturated heterocycles. The third-order valence-electron chi connectivity index (χ3n) is 2.98. The summed E-state index contributed by atoms with van der Waals surface area (Å²) >= 11 is 0. The number of ether oxygens (including phenoxy) is 1. The van der Waals surface area contributed by atoms with Crippen LogP contribution in [0.15, 0.2) is 0 Å². The SMILES string of the molecule is CCOC(=O)N1CCN[C@H]2CS(=O)(=O)C[C@H]21.Cl. The van der Waals surface area contributed by atoms with Gasteiger partial charge in [0, 0.05) is 19.1 Å². The summed E-state index contributed by atoms with van der Waals surface area (Å²) in [5, 5.41) is 3.14. The monoisotopic (exact) mass is 284 g/mol. The zero-order valence-corrected chi connectivity index (χ0v) is 11.2. The van der Waals surface area contributed by atoms with Crippen molar-refractivity contribution in [3.63, 3.8) is 0 Å². The molecule has 17 heavy (non-hydrogen) atoms. The van der Waals surface area contributed by atoms with E-state index in [1.165, 1.54) is 4.90 Å². The van der Waals surface area contributed by atoms with Crippen molar-refractivity contribution in [2.24, 2.45) is 0 Å². The van der Waals surface area contributed by atoms with Crippen molar-refractivity contribution in [1.82, 2.24) is 10.2 Å². The van der Waals surface area contributed by atoms with Gasteiger partial charge in [0.05, 0.1) is 24.2 Å². The Morgan fingerprint density at radius 1 is 1.47 bits per heavy atom. The molecule has 0 unspecified atom stereocenters. The molecule has 2 aliphatic rings. The molecule has 0 spiro atoms. The molecule has 100 valence electrons. The third-order valence-corrected chi connectivity index (χ3v) is 4.70. The molecule has 2 rings (SSSR count). The number of sulfone groups is 1. The highest BCUT2D eigenvalue weighted by molar-refractivity contribution is 7.91. The first kappa shape index (κ1) is 14.5. The molecule has 1 amide bonds. The number of hydrogen-bond acceptors (Lipinski definition) is 5. The second-order valence-electron chi connectivity index (χ2n) is 4.10. The average Bonchev–Trinajstić information content (AvgIpc) is 2.51. The summed E-state index contributed by atoms with van der Waals surface area (Å²) in [6.07, 6.45) is -0.406. The summed E-state index contributed by atoms with van der Waals surface area (Å²) in [4.78, 5) is 13.2. The lowest BCUT2D eigenvalue weighted by Crippen LogP contribution is -2.59. The number of halogens is 1. The van der Waals surface area contributed by atoms with E-state index in [-0.39, 0.29) is 36.0 Å². The minimum atomic E-state index is -3.02. The van der Waals surface area contributed by atoms with Crippen LogP contribution in [0.4, 0.5) is 4.79 Å². The summed E-state index contributed by atoms with van der Waals surface area (Å²) in [6, 6.07) is -0.402. The predicted molar refractivity (Wildman–Crippen MR) is 65.2 cm³/mol. The van der Waals surface area contributed by atoms with Gasteiger partial charge in [0.2, 0.25) is 0 Å². The third kappa shape index (κ3) is 3.02. The van der Waals surface area contributed by atoms with Crippen molar-refractivity contribution >= 4 is 28.3 Å². The van der Waals surface area contributed by atoms with Gasteiger partial charge in [0.25, 0.3) is 0 Å². The number of nitrogens with zero attached hydrogens (tertiary/aromatic N) is 1. The maximum atomic E-state index is 11.6. The van der Waals surface area contributed by atoms with Crippen molar-refractivity contribution in [2.75, 3.05) is 31.2 Å². The van der Waals surface area contributed by atoms with Crippen molar-refractivity contribution in [1.29, 1.82) is 0 Å². The molecule has 2 heterocycles.